The molecule has 0 spiro atoms. The van der Waals surface area contributed by atoms with Gasteiger partial charge in [-0.3, -0.25) is 9.59 Å². The number of amides is 3. The minimum absolute atomic E-state index is 0.00894. The highest BCUT2D eigenvalue weighted by molar-refractivity contribution is 5.91. The van der Waals surface area contributed by atoms with Crippen LogP contribution in [0.5, 0.6) is 0 Å². The second kappa shape index (κ2) is 12.1. The molecule has 0 aliphatic rings. The number of aliphatic hydroxyl groups is 1. The summed E-state index contributed by atoms with van der Waals surface area (Å²) >= 11 is 0. The maximum absolute atomic E-state index is 12.6. The molecule has 0 fully saturated rings. The van der Waals surface area contributed by atoms with Crippen molar-refractivity contribution >= 4 is 24.0 Å². The van der Waals surface area contributed by atoms with Gasteiger partial charge in [0.1, 0.15) is 18.7 Å². The van der Waals surface area contributed by atoms with Gasteiger partial charge in [0, 0.05) is 0 Å². The summed E-state index contributed by atoms with van der Waals surface area (Å²) in [6.07, 6.45) is 1.57. The number of carbonyl (C=O) groups excluding carboxylic acids is 3. The lowest BCUT2D eigenvalue weighted by atomic mass is 10.1. The lowest BCUT2D eigenvalue weighted by Crippen LogP contribution is -2.56. The number of carbonyl (C=O) groups is 3. The Kier molecular flexibility index (Phi) is 9.25. The molecule has 2 aromatic carbocycles. The van der Waals surface area contributed by atoms with E-state index in [1.165, 1.54) is 6.92 Å². The van der Waals surface area contributed by atoms with Crippen LogP contribution >= 0.6 is 0 Å². The molecule has 0 unspecified atom stereocenters. The van der Waals surface area contributed by atoms with Crippen LogP contribution in [0.15, 0.2) is 66.7 Å². The molecule has 31 heavy (non-hydrogen) atoms. The molecule has 0 saturated heterocycles. The van der Waals surface area contributed by atoms with E-state index in [0.29, 0.717) is 0 Å². The zero-order valence-electron chi connectivity index (χ0n) is 17.2. The maximum Gasteiger partial charge on any atom is 0.408 e. The van der Waals surface area contributed by atoms with Gasteiger partial charge in [0.25, 0.3) is 0 Å². The Bertz CT molecular complexity index is 885. The van der Waals surface area contributed by atoms with Gasteiger partial charge in [-0.05, 0) is 24.5 Å². The normalized spacial score (nSPS) is 13.7. The minimum atomic E-state index is -1.32. The van der Waals surface area contributed by atoms with E-state index in [1.54, 1.807) is 36.4 Å². The summed E-state index contributed by atoms with van der Waals surface area (Å²) < 4.78 is 5.08. The highest BCUT2D eigenvalue weighted by Crippen LogP contribution is 2.05. The number of nitrogens with two attached hydrogens (primary N) is 1. The lowest BCUT2D eigenvalue weighted by molar-refractivity contribution is -0.130. The molecule has 0 saturated carbocycles. The van der Waals surface area contributed by atoms with Crippen molar-refractivity contribution in [3.63, 3.8) is 0 Å². The molecule has 2 rings (SSSR count). The van der Waals surface area contributed by atoms with Crippen LogP contribution in [0.25, 0.3) is 6.08 Å². The number of ether oxygens (including phenoxy) is 1. The van der Waals surface area contributed by atoms with Crippen molar-refractivity contribution in [2.24, 2.45) is 5.73 Å². The Balaban J connectivity index is 1.92. The Morgan fingerprint density at radius 3 is 2.23 bits per heavy atom. The Morgan fingerprint density at radius 1 is 1.03 bits per heavy atom. The van der Waals surface area contributed by atoms with Gasteiger partial charge in [-0.1, -0.05) is 72.8 Å². The molecule has 0 bridgehead atoms. The van der Waals surface area contributed by atoms with Gasteiger partial charge in [0.15, 0.2) is 0 Å². The summed E-state index contributed by atoms with van der Waals surface area (Å²) in [5.74, 6) is -1.48. The summed E-state index contributed by atoms with van der Waals surface area (Å²) in [5, 5.41) is 14.7. The highest BCUT2D eigenvalue weighted by atomic mass is 16.5. The fraction of sp³-hybridized carbons (Fsp3) is 0.261. The van der Waals surface area contributed by atoms with Crippen LogP contribution in [0, 0.1) is 0 Å². The number of hydrogen-bond donors (Lipinski definition) is 4. The van der Waals surface area contributed by atoms with E-state index in [1.807, 2.05) is 36.4 Å². The third kappa shape index (κ3) is 8.31. The Hall–Kier alpha value is -3.65. The smallest absolute Gasteiger partial charge is 0.408 e. The lowest BCUT2D eigenvalue weighted by Gasteiger charge is -2.23. The molecule has 0 aliphatic heterocycles. The van der Waals surface area contributed by atoms with E-state index in [4.69, 9.17) is 10.5 Å². The first-order chi connectivity index (χ1) is 14.9. The monoisotopic (exact) mass is 425 g/mol. The van der Waals surface area contributed by atoms with E-state index in [-0.39, 0.29) is 13.0 Å². The van der Waals surface area contributed by atoms with Crippen molar-refractivity contribution in [2.45, 2.75) is 38.1 Å². The largest absolute Gasteiger partial charge is 0.445 e. The van der Waals surface area contributed by atoms with E-state index in [0.717, 1.165) is 11.1 Å². The molecule has 3 atom stereocenters. The Labute approximate surface area is 181 Å². The average molecular weight is 425 g/mol. The summed E-state index contributed by atoms with van der Waals surface area (Å²) in [7, 11) is 0. The van der Waals surface area contributed by atoms with Crippen molar-refractivity contribution in [2.75, 3.05) is 0 Å². The van der Waals surface area contributed by atoms with E-state index in [9.17, 15) is 19.5 Å². The highest BCUT2D eigenvalue weighted by Gasteiger charge is 2.29. The zero-order chi connectivity index (χ0) is 22.6. The molecule has 0 aromatic heterocycles. The summed E-state index contributed by atoms with van der Waals surface area (Å²) in [5.41, 5.74) is 7.10. The number of aliphatic hydroxyl groups excluding tert-OH is 1. The second-order valence-corrected chi connectivity index (χ2v) is 6.94. The third-order valence-corrected chi connectivity index (χ3v) is 4.39. The first kappa shape index (κ1) is 23.6. The first-order valence-electron chi connectivity index (χ1n) is 9.83. The van der Waals surface area contributed by atoms with Crippen LogP contribution in [0.3, 0.4) is 0 Å². The average Bonchev–Trinajstić information content (AvgIpc) is 2.76. The molecule has 0 radical (unpaired) electrons. The molecular weight excluding hydrogens is 398 g/mol. The predicted molar refractivity (Wildman–Crippen MR) is 116 cm³/mol. The maximum atomic E-state index is 12.6. The van der Waals surface area contributed by atoms with Gasteiger partial charge >= 0.3 is 6.09 Å². The fourth-order valence-corrected chi connectivity index (χ4v) is 2.71. The van der Waals surface area contributed by atoms with Crippen LogP contribution in [-0.2, 0) is 20.9 Å². The predicted octanol–water partition coefficient (Wildman–Crippen LogP) is 1.74. The van der Waals surface area contributed by atoms with Crippen LogP contribution in [0.1, 0.15) is 24.5 Å². The van der Waals surface area contributed by atoms with Gasteiger partial charge < -0.3 is 26.2 Å². The van der Waals surface area contributed by atoms with Gasteiger partial charge in [-0.25, -0.2) is 4.79 Å². The fourth-order valence-electron chi connectivity index (χ4n) is 2.71. The van der Waals surface area contributed by atoms with Crippen molar-refractivity contribution in [1.82, 2.24) is 10.6 Å². The van der Waals surface area contributed by atoms with Gasteiger partial charge in [0.2, 0.25) is 11.8 Å². The molecular formula is C23H27N3O5. The summed E-state index contributed by atoms with van der Waals surface area (Å²) in [6, 6.07) is 16.1. The van der Waals surface area contributed by atoms with Gasteiger partial charge in [-0.15, -0.1) is 0 Å². The molecule has 5 N–H and O–H groups in total. The molecule has 8 nitrogen and oxygen atoms in total. The van der Waals surface area contributed by atoms with Gasteiger partial charge in [0.05, 0.1) is 6.10 Å². The number of rotatable bonds is 10. The van der Waals surface area contributed by atoms with Crippen molar-refractivity contribution in [3.8, 4) is 0 Å². The standard InChI is InChI=1S/C23H27N3O5/c1-16(27)20(26-23(30)31-15-18-11-6-3-7-12-18)22(29)25-19(21(24)28)14-8-13-17-9-4-2-5-10-17/h2-13,16,19-20,27H,14-15H2,1H3,(H2,24,28)(H,25,29)(H,26,30)/b13-8+/t16-,19+,20+/m1/s1. The van der Waals surface area contributed by atoms with Crippen molar-refractivity contribution < 1.29 is 24.2 Å². The number of nitrogens with one attached hydrogen (secondary N) is 2. The number of primary amides is 1. The molecule has 164 valence electrons. The van der Waals surface area contributed by atoms with Crippen LogP contribution in [0.2, 0.25) is 0 Å². The van der Waals surface area contributed by atoms with Crippen molar-refractivity contribution in [3.05, 3.63) is 77.9 Å². The topological polar surface area (TPSA) is 131 Å². The van der Waals surface area contributed by atoms with Crippen molar-refractivity contribution in [1.29, 1.82) is 0 Å². The van der Waals surface area contributed by atoms with E-state index in [2.05, 4.69) is 10.6 Å². The molecule has 3 amide bonds. The number of benzene rings is 2. The first-order valence-corrected chi connectivity index (χ1v) is 9.83. The Morgan fingerprint density at radius 2 is 1.65 bits per heavy atom. The van der Waals surface area contributed by atoms with Crippen LogP contribution in [0.4, 0.5) is 4.79 Å². The van der Waals surface area contributed by atoms with Gasteiger partial charge in [-0.2, -0.15) is 0 Å². The SMILES string of the molecule is C[C@@H](O)[C@H](NC(=O)OCc1ccccc1)C(=O)N[C@@H](C/C=C/c1ccccc1)C(N)=O. The third-order valence-electron chi connectivity index (χ3n) is 4.39. The summed E-state index contributed by atoms with van der Waals surface area (Å²) in [4.78, 5) is 36.4. The molecule has 2 aromatic rings. The molecule has 0 heterocycles. The molecule has 0 aliphatic carbocycles. The van der Waals surface area contributed by atoms with Crippen LogP contribution < -0.4 is 16.4 Å². The van der Waals surface area contributed by atoms with Crippen LogP contribution in [-0.4, -0.2) is 41.2 Å². The number of hydrogen-bond acceptors (Lipinski definition) is 5. The van der Waals surface area contributed by atoms with E-state index < -0.39 is 36.1 Å². The minimum Gasteiger partial charge on any atom is -0.445 e. The van der Waals surface area contributed by atoms with E-state index >= 15 is 0 Å². The number of alkyl carbamates (subject to hydrolysis) is 1. The molecule has 8 heteroatoms. The zero-order valence-corrected chi connectivity index (χ0v) is 17.2. The quantitative estimate of drug-likeness (QED) is 0.461. The second-order valence-electron chi connectivity index (χ2n) is 6.94. The summed E-state index contributed by atoms with van der Waals surface area (Å²) in [6.45, 7) is 1.35.